The molecule has 0 saturated heterocycles. The smallest absolute Gasteiger partial charge is 0.159 e. The zero-order valence-electron chi connectivity index (χ0n) is 39.7. The molecule has 344 valence electrons. The molecule has 0 N–H and O–H groups in total. The number of hydrogen-bond acceptors (Lipinski definition) is 4. The fourth-order valence-electron chi connectivity index (χ4n) is 12.8. The Morgan fingerprint density at radius 2 is 0.608 bits per heavy atom. The third-order valence-electron chi connectivity index (χ3n) is 15.7. The van der Waals surface area contributed by atoms with Crippen molar-refractivity contribution in [3.63, 3.8) is 0 Å². The predicted octanol–water partition coefficient (Wildman–Crippen LogP) is 19.3. The lowest BCUT2D eigenvalue weighted by Crippen LogP contribution is -2.11. The molecule has 0 bridgehead atoms. The number of anilines is 6. The van der Waals surface area contributed by atoms with E-state index in [1.54, 1.807) is 0 Å². The summed E-state index contributed by atoms with van der Waals surface area (Å²) >= 11 is 0. The van der Waals surface area contributed by atoms with Gasteiger partial charge in [-0.2, -0.15) is 0 Å². The van der Waals surface area contributed by atoms with Crippen LogP contribution in [0.2, 0.25) is 0 Å². The van der Waals surface area contributed by atoms with Crippen LogP contribution in [0.5, 0.6) is 0 Å². The summed E-state index contributed by atoms with van der Waals surface area (Å²) in [6.07, 6.45) is 0. The minimum Gasteiger partial charge on any atom is -0.454 e. The summed E-state index contributed by atoms with van der Waals surface area (Å²) in [7, 11) is 0. The molecule has 17 aromatic rings. The Bertz CT molecular complexity index is 4830. The third kappa shape index (κ3) is 5.22. The van der Waals surface area contributed by atoms with Gasteiger partial charge in [0, 0.05) is 65.2 Å². The van der Waals surface area contributed by atoms with Crippen LogP contribution in [-0.4, -0.2) is 8.80 Å². The highest BCUT2D eigenvalue weighted by molar-refractivity contribution is 6.32. The Kier molecular flexibility index (Phi) is 7.91. The Labute approximate surface area is 422 Å². The van der Waals surface area contributed by atoms with Gasteiger partial charge in [-0.15, -0.1) is 0 Å². The fraction of sp³-hybridized carbons (Fsp3) is 0. The van der Waals surface area contributed by atoms with Crippen molar-refractivity contribution in [2.24, 2.45) is 0 Å². The van der Waals surface area contributed by atoms with Gasteiger partial charge in [0.2, 0.25) is 0 Å². The molecule has 0 amide bonds. The first-order valence-corrected chi connectivity index (χ1v) is 25.3. The maximum absolute atomic E-state index is 6.81. The van der Waals surface area contributed by atoms with E-state index >= 15 is 0 Å². The summed E-state index contributed by atoms with van der Waals surface area (Å²) in [5.74, 6) is 0. The highest BCUT2D eigenvalue weighted by Gasteiger charge is 2.29. The Morgan fingerprint density at radius 1 is 0.257 bits per heavy atom. The second kappa shape index (κ2) is 14.8. The van der Waals surface area contributed by atoms with E-state index in [1.807, 2.05) is 12.1 Å². The summed E-state index contributed by atoms with van der Waals surface area (Å²) < 4.78 is 18.7. The first-order valence-electron chi connectivity index (χ1n) is 25.3. The van der Waals surface area contributed by atoms with Crippen LogP contribution in [0.1, 0.15) is 0 Å². The number of furan rings is 2. The molecule has 0 radical (unpaired) electrons. The van der Waals surface area contributed by atoms with Gasteiger partial charge in [0.1, 0.15) is 11.2 Å². The van der Waals surface area contributed by atoms with Crippen LogP contribution in [0.3, 0.4) is 0 Å². The highest BCUT2D eigenvalue weighted by atomic mass is 16.3. The van der Waals surface area contributed by atoms with Gasteiger partial charge < -0.3 is 27.4 Å². The largest absolute Gasteiger partial charge is 0.454 e. The molecule has 17 rings (SSSR count). The highest BCUT2D eigenvalue weighted by Crippen LogP contribution is 2.52. The average Bonchev–Trinajstić information content (AvgIpc) is 4.27. The van der Waals surface area contributed by atoms with Crippen molar-refractivity contribution in [2.75, 3.05) is 9.80 Å². The van der Waals surface area contributed by atoms with E-state index in [-0.39, 0.29) is 0 Å². The zero-order chi connectivity index (χ0) is 48.2. The van der Waals surface area contributed by atoms with Crippen LogP contribution in [-0.2, 0) is 0 Å². The van der Waals surface area contributed by atoms with Gasteiger partial charge in [0.05, 0.1) is 55.8 Å². The number of nitrogens with zero attached hydrogens (tertiary/aromatic N) is 4. The standard InChI is InChI=1S/C68H40N4O2/c1-3-19-41(20-4-1)69(55-35-15-29-49-45-25-11-13-37-61(45)73-67(49)55)57-39-59-63(47-27-9-7-23-43(47)57)51-31-17-34-54-65(51)71(59)53-33-18-32-52-64-48-28-10-8-24-44(48)58(40-60(64)72(54)66(52)53)70(42-21-5-2-6-22-42)56-36-16-30-50-46-26-12-14-38-62(46)74-68(50)56/h1-40H. The lowest BCUT2D eigenvalue weighted by molar-refractivity contribution is 0.669. The monoisotopic (exact) mass is 944 g/mol. The van der Waals surface area contributed by atoms with Crippen molar-refractivity contribution in [1.82, 2.24) is 8.80 Å². The predicted molar refractivity (Wildman–Crippen MR) is 308 cm³/mol. The summed E-state index contributed by atoms with van der Waals surface area (Å²) in [6, 6.07) is 87.7. The molecule has 0 unspecified atom stereocenters. The summed E-state index contributed by atoms with van der Waals surface area (Å²) in [5.41, 5.74) is 16.6. The molecule has 0 atom stereocenters. The maximum atomic E-state index is 6.81. The van der Waals surface area contributed by atoms with Crippen molar-refractivity contribution >= 4 is 154 Å². The molecule has 5 heterocycles. The number of aromatic nitrogens is 2. The van der Waals surface area contributed by atoms with E-state index in [2.05, 4.69) is 249 Å². The van der Waals surface area contributed by atoms with E-state index < -0.39 is 0 Å². The minimum atomic E-state index is 0.853. The molecule has 6 nitrogen and oxygen atoms in total. The lowest BCUT2D eigenvalue weighted by Gasteiger charge is -2.27. The van der Waals surface area contributed by atoms with Crippen molar-refractivity contribution < 1.29 is 8.83 Å². The molecule has 0 aliphatic carbocycles. The van der Waals surface area contributed by atoms with E-state index in [9.17, 15) is 0 Å². The summed E-state index contributed by atoms with van der Waals surface area (Å²) in [6.45, 7) is 0. The lowest BCUT2D eigenvalue weighted by atomic mass is 10.00. The molecule has 0 fully saturated rings. The summed E-state index contributed by atoms with van der Waals surface area (Å²) in [5, 5.41) is 13.9. The molecule has 74 heavy (non-hydrogen) atoms. The third-order valence-corrected chi connectivity index (χ3v) is 15.7. The fourth-order valence-corrected chi connectivity index (χ4v) is 12.8. The number of para-hydroxylation sites is 8. The van der Waals surface area contributed by atoms with Gasteiger partial charge in [-0.05, 0) is 83.6 Å². The first kappa shape index (κ1) is 39.7. The maximum Gasteiger partial charge on any atom is 0.159 e. The second-order valence-corrected chi connectivity index (χ2v) is 19.5. The number of benzene rings is 12. The van der Waals surface area contributed by atoms with Crippen molar-refractivity contribution in [2.45, 2.75) is 0 Å². The van der Waals surface area contributed by atoms with Gasteiger partial charge in [-0.1, -0.05) is 170 Å². The van der Waals surface area contributed by atoms with Crippen LogP contribution in [0.25, 0.3) is 120 Å². The molecular formula is C68H40N4O2. The van der Waals surface area contributed by atoms with Gasteiger partial charge in [0.15, 0.2) is 11.2 Å². The topological polar surface area (TPSA) is 41.6 Å². The second-order valence-electron chi connectivity index (χ2n) is 19.5. The molecule has 5 aromatic heterocycles. The van der Waals surface area contributed by atoms with Crippen molar-refractivity contribution in [3.8, 4) is 0 Å². The minimum absolute atomic E-state index is 0.853. The van der Waals surface area contributed by atoms with Crippen molar-refractivity contribution in [1.29, 1.82) is 0 Å². The van der Waals surface area contributed by atoms with Crippen LogP contribution < -0.4 is 9.80 Å². The molecule has 0 aliphatic rings. The van der Waals surface area contributed by atoms with Crippen LogP contribution in [0.4, 0.5) is 34.1 Å². The normalized spacial score (nSPS) is 12.3. The van der Waals surface area contributed by atoms with Gasteiger partial charge >= 0.3 is 0 Å². The molecule has 12 aromatic carbocycles. The van der Waals surface area contributed by atoms with Gasteiger partial charge in [0.25, 0.3) is 0 Å². The quantitative estimate of drug-likeness (QED) is 0.156. The van der Waals surface area contributed by atoms with E-state index in [0.29, 0.717) is 0 Å². The zero-order valence-corrected chi connectivity index (χ0v) is 39.7. The molecule has 6 heteroatoms. The van der Waals surface area contributed by atoms with Gasteiger partial charge in [-0.3, -0.25) is 0 Å². The first-order chi connectivity index (χ1) is 36.8. The van der Waals surface area contributed by atoms with Crippen molar-refractivity contribution in [3.05, 3.63) is 243 Å². The Balaban J connectivity index is 1.00. The van der Waals surface area contributed by atoms with Crippen LogP contribution in [0, 0.1) is 0 Å². The molecule has 0 spiro atoms. The van der Waals surface area contributed by atoms with E-state index in [4.69, 9.17) is 8.83 Å². The average molecular weight is 945 g/mol. The Hall–Kier alpha value is -10.0. The molecule has 0 saturated carbocycles. The number of rotatable bonds is 6. The Morgan fingerprint density at radius 3 is 1.05 bits per heavy atom. The number of fused-ring (bicyclic) bond motifs is 18. The van der Waals surface area contributed by atoms with E-state index in [1.165, 1.54) is 43.4 Å². The summed E-state index contributed by atoms with van der Waals surface area (Å²) in [4.78, 5) is 4.80. The van der Waals surface area contributed by atoms with Crippen LogP contribution in [0.15, 0.2) is 251 Å². The molecular weight excluding hydrogens is 905 g/mol. The molecule has 0 aliphatic heterocycles. The van der Waals surface area contributed by atoms with Crippen LogP contribution >= 0.6 is 0 Å². The SMILES string of the molecule is c1ccc(N(c2cc3c(c4ccccc24)c2cccc4c2n3c2cccc3c5c6ccccc6c(N(c6ccccc6)c6cccc7c6oc6ccccc67)cc5n4c32)c2cccc3c2oc2ccccc23)cc1. The number of hydrogen-bond donors (Lipinski definition) is 0. The van der Waals surface area contributed by atoms with E-state index in [0.717, 1.165) is 111 Å². The van der Waals surface area contributed by atoms with Gasteiger partial charge in [-0.25, -0.2) is 0 Å².